The van der Waals surface area contributed by atoms with Crippen LogP contribution in [-0.4, -0.2) is 241 Å². The molecular formula is C93H184N24O. The summed E-state index contributed by atoms with van der Waals surface area (Å²) in [5.74, 6) is 6.89. The van der Waals surface area contributed by atoms with Crippen molar-refractivity contribution in [3.63, 3.8) is 0 Å². The summed E-state index contributed by atoms with van der Waals surface area (Å²) in [5, 5.41) is 30.5. The van der Waals surface area contributed by atoms with Crippen LogP contribution in [0.15, 0.2) is 0 Å². The molecule has 0 bridgehead atoms. The van der Waals surface area contributed by atoms with E-state index in [1.54, 1.807) is 0 Å². The zero-order valence-electron chi connectivity index (χ0n) is 79.8. The number of hydrogen-bond donors (Lipinski definition) is 8. The first-order valence-electron chi connectivity index (χ1n) is 44.6. The van der Waals surface area contributed by atoms with Gasteiger partial charge in [-0.25, -0.2) is 0 Å². The van der Waals surface area contributed by atoms with E-state index in [-0.39, 0.29) is 101 Å². The summed E-state index contributed by atoms with van der Waals surface area (Å²) >= 11 is 0. The number of piperidine rings is 6. The van der Waals surface area contributed by atoms with Crippen LogP contribution in [0.3, 0.4) is 0 Å². The summed E-state index contributed by atoms with van der Waals surface area (Å²) in [5.41, 5.74) is 0.766. The van der Waals surface area contributed by atoms with Crippen molar-refractivity contribution >= 4 is 35.7 Å². The number of aromatic nitrogens is 9. The number of nitrogens with one attached hydrogen (secondary N) is 8. The molecule has 682 valence electrons. The Morgan fingerprint density at radius 3 is 0.924 bits per heavy atom. The van der Waals surface area contributed by atoms with E-state index in [2.05, 4.69) is 299 Å². The Morgan fingerprint density at radius 2 is 0.627 bits per heavy atom. The summed E-state index contributed by atoms with van der Waals surface area (Å²) in [6.07, 6.45) is 20.2. The topological polar surface area (TPSA) is 244 Å². The molecule has 118 heavy (non-hydrogen) atoms. The van der Waals surface area contributed by atoms with E-state index in [0.29, 0.717) is 61.5 Å². The van der Waals surface area contributed by atoms with Crippen molar-refractivity contribution in [2.24, 2.45) is 5.41 Å². The van der Waals surface area contributed by atoms with Crippen LogP contribution in [0.25, 0.3) is 0 Å². The molecule has 25 nitrogen and oxygen atoms in total. The Kier molecular flexibility index (Phi) is 33.0. The molecule has 0 aromatic carbocycles. The van der Waals surface area contributed by atoms with Gasteiger partial charge in [-0.3, -0.25) is 14.7 Å². The Morgan fingerprint density at radius 1 is 0.364 bits per heavy atom. The van der Waals surface area contributed by atoms with Crippen molar-refractivity contribution < 1.29 is 6.16 Å². The molecule has 25 heteroatoms. The molecule has 10 heterocycles. The molecule has 3 aromatic rings. The molecule has 0 amide bonds. The van der Waals surface area contributed by atoms with Crippen molar-refractivity contribution in [2.75, 3.05) is 97.7 Å². The van der Waals surface area contributed by atoms with Gasteiger partial charge in [0.2, 0.25) is 35.7 Å². The van der Waals surface area contributed by atoms with Gasteiger partial charge in [0.25, 0.3) is 0 Å². The minimum atomic E-state index is -0.143. The Hall–Kier alpha value is -4.57. The van der Waals surface area contributed by atoms with Crippen molar-refractivity contribution in [2.45, 2.75) is 474 Å². The number of nitrogens with zero attached hydrogens (tertiary/aromatic N) is 16. The highest BCUT2D eigenvalue weighted by Gasteiger charge is 2.49. The van der Waals surface area contributed by atoms with E-state index in [1.807, 2.05) is 20.8 Å². The number of anilines is 6. The maximum Gasteiger partial charge on any atom is 0.231 e. The first kappa shape index (κ1) is 102. The van der Waals surface area contributed by atoms with Crippen molar-refractivity contribution in [1.29, 1.82) is 0 Å². The molecule has 0 atom stereocenters. The molecule has 7 saturated heterocycles. The average Bonchev–Trinajstić information content (AvgIpc) is 0.780. The fourth-order valence-corrected chi connectivity index (χ4v) is 23.2. The van der Waals surface area contributed by atoms with Gasteiger partial charge in [-0.15, -0.1) is 0 Å². The number of rotatable bonds is 21. The van der Waals surface area contributed by atoms with E-state index < -0.39 is 0 Å². The second-order valence-electron chi connectivity index (χ2n) is 47.2. The van der Waals surface area contributed by atoms with Crippen LogP contribution in [-0.2, 0) is 4.74 Å². The fraction of sp³-hybridized carbons (Fsp3) is 0.903. The van der Waals surface area contributed by atoms with Gasteiger partial charge in [0.1, 0.15) is 17.5 Å². The lowest BCUT2D eigenvalue weighted by atomic mass is 9.78. The smallest absolute Gasteiger partial charge is 0.231 e. The third kappa shape index (κ3) is 30.7. The van der Waals surface area contributed by atoms with E-state index in [9.17, 15) is 0 Å². The predicted octanol–water partition coefficient (Wildman–Crippen LogP) is 16.8. The van der Waals surface area contributed by atoms with Crippen LogP contribution in [0, 0.1) is 26.2 Å². The first-order chi connectivity index (χ1) is 52.4. The Bertz CT molecular complexity index is 3570. The maximum atomic E-state index is 5.58. The minimum Gasteiger partial charge on any atom is -0.378 e. The number of hydrogen-bond acceptors (Lipinski definition) is 25. The minimum absolute atomic E-state index is 0. The molecule has 8 N–H and O–H groups in total. The summed E-state index contributed by atoms with van der Waals surface area (Å²) in [7, 11) is 6.86. The molecule has 1 aliphatic carbocycles. The third-order valence-corrected chi connectivity index (χ3v) is 25.0. The van der Waals surface area contributed by atoms with Crippen LogP contribution in [0.4, 0.5) is 35.7 Å². The number of morpholine rings is 1. The van der Waals surface area contributed by atoms with Crippen molar-refractivity contribution in [3.8, 4) is 0 Å². The maximum absolute atomic E-state index is 5.58. The molecule has 11 rings (SSSR count). The highest BCUT2D eigenvalue weighted by atomic mass is 16.5. The zero-order valence-corrected chi connectivity index (χ0v) is 79.8. The monoisotopic (exact) mass is 1650 g/mol. The Labute approximate surface area is 723 Å². The Balaban J connectivity index is 0.000000313. The second kappa shape index (κ2) is 38.1. The lowest BCUT2D eigenvalue weighted by molar-refractivity contribution is 0.0752. The molecule has 0 unspecified atom stereocenters. The quantitative estimate of drug-likeness (QED) is 0.0462. The van der Waals surface area contributed by atoms with E-state index in [0.717, 1.165) is 164 Å². The van der Waals surface area contributed by atoms with Gasteiger partial charge in [-0.05, 0) is 324 Å². The van der Waals surface area contributed by atoms with Crippen LogP contribution in [0.1, 0.15) is 358 Å². The van der Waals surface area contributed by atoms with E-state index in [4.69, 9.17) is 49.6 Å². The normalized spacial score (nSPS) is 24.3. The average molecular weight is 1650 g/mol. The number of aryl methyl sites for hydroxylation is 3. The van der Waals surface area contributed by atoms with Gasteiger partial charge in [0.15, 0.2) is 0 Å². The van der Waals surface area contributed by atoms with Gasteiger partial charge >= 0.3 is 0 Å². The molecule has 1 saturated carbocycles. The van der Waals surface area contributed by atoms with Gasteiger partial charge in [0, 0.05) is 129 Å². The molecule has 3 aromatic heterocycles. The molecule has 0 spiro atoms. The highest BCUT2D eigenvalue weighted by Crippen LogP contribution is 2.42. The summed E-state index contributed by atoms with van der Waals surface area (Å²) in [6.45, 7) is 78.6. The first-order valence-corrected chi connectivity index (χ1v) is 44.6. The highest BCUT2D eigenvalue weighted by molar-refractivity contribution is 5.44. The molecule has 8 fully saturated rings. The molecular weight excluding hydrogens is 1470 g/mol. The summed E-state index contributed by atoms with van der Waals surface area (Å²) < 4.78 is 5.58. The fourth-order valence-electron chi connectivity index (χ4n) is 23.2. The van der Waals surface area contributed by atoms with Crippen LogP contribution < -0.4 is 62.1 Å². The van der Waals surface area contributed by atoms with Crippen LogP contribution >= 0.6 is 0 Å². The van der Waals surface area contributed by atoms with Crippen LogP contribution in [0.2, 0.25) is 0 Å². The SMILES string of the molecule is C.C.C.Cc1nc(N2CCOCC2)nc(N(CN(C)C2CC(C)(C)NC(C)(C)C2)C2CC(C)(C)NC(C)(C)C2)n1.Cc1nc(NC(C)(C)CC(C)(C)C)nc(N(CN(C)C2CC(C)(C)NC(C)(C)C2)C2CC(C)(C)NC(C)(C)C2)n1.Cc1nc(NC2CCCCC2)nc(N(CN(C)C2CC(C)(C)NC(C)(C)C2)C2CC(C)(C)NC(C)(C)C2)n1.[HH]. The van der Waals surface area contributed by atoms with E-state index in [1.165, 1.54) is 32.1 Å². The van der Waals surface area contributed by atoms with E-state index >= 15 is 0 Å². The van der Waals surface area contributed by atoms with Gasteiger partial charge in [0.05, 0.1) is 33.2 Å². The lowest BCUT2D eigenvalue weighted by Crippen LogP contribution is -2.65. The van der Waals surface area contributed by atoms with Crippen molar-refractivity contribution in [3.05, 3.63) is 17.5 Å². The molecule has 0 radical (unpaired) electrons. The van der Waals surface area contributed by atoms with Crippen molar-refractivity contribution in [1.82, 2.24) is 91.5 Å². The van der Waals surface area contributed by atoms with Gasteiger partial charge < -0.3 is 66.9 Å². The summed E-state index contributed by atoms with van der Waals surface area (Å²) in [6, 6.07) is 2.82. The lowest BCUT2D eigenvalue weighted by Gasteiger charge is -2.52. The largest absolute Gasteiger partial charge is 0.378 e. The summed E-state index contributed by atoms with van der Waals surface area (Å²) in [4.78, 5) is 61.7. The molecule has 7 aliphatic heterocycles. The second-order valence-corrected chi connectivity index (χ2v) is 47.2. The standard InChI is InChI=1S/C32H62N8.C30H56N8.C28H52N8O.3CH4.H2/c1-22-33-25(36-32(13,14)20-27(2,3)4)35-26(34-22)40(24-18-30(9,10)38-31(11,12)19-24)21-39(15)23-16-28(5,6)37-29(7,8)17-23;1-21-31-25(33-22-14-12-11-13-15-22)34-26(32-21)38(24-18-29(6,7)36-30(8,9)19-24)20-37(10)23-16-27(2,3)35-28(4,5)17-23;1-20-29-23(35-11-13-37-14-12-35)31-24(30-20)36(22-17-27(6,7)33-28(8,9)18-22)19-34(10)21-15-25(2,3)32-26(4,5)16-21;;;;/h23-24,37-38H,16-21H2,1-15H3,(H,33,34,35,36);22-24,35-36H,11-20H2,1-10H3,(H,31,32,33,34);21-22,32-33H,11-19H2,1-10H3;3*1H4;1H. The van der Waals surface area contributed by atoms with Crippen LogP contribution in [0.5, 0.6) is 0 Å². The predicted molar refractivity (Wildman–Crippen MR) is 503 cm³/mol. The van der Waals surface area contributed by atoms with Gasteiger partial charge in [-0.1, -0.05) is 62.3 Å². The zero-order chi connectivity index (χ0) is 85.7. The third-order valence-electron chi connectivity index (χ3n) is 25.0. The van der Waals surface area contributed by atoms with Gasteiger partial charge in [-0.2, -0.15) is 44.9 Å². The number of ether oxygens (including phenoxy) is 1. The molecule has 8 aliphatic rings.